The largest absolute Gasteiger partial charge is 0.504 e. The van der Waals surface area contributed by atoms with E-state index in [0.29, 0.717) is 32.8 Å². The van der Waals surface area contributed by atoms with Crippen LogP contribution in [0.2, 0.25) is 0 Å². The van der Waals surface area contributed by atoms with Crippen LogP contribution in [0.5, 0.6) is 17.2 Å². The highest BCUT2D eigenvalue weighted by atomic mass is 32.2. The Morgan fingerprint density at radius 3 is 1.98 bits per heavy atom. The lowest BCUT2D eigenvalue weighted by Gasteiger charge is -2.37. The van der Waals surface area contributed by atoms with Crippen molar-refractivity contribution in [3.05, 3.63) is 77.9 Å². The number of phenols is 1. The molecule has 0 aliphatic carbocycles. The monoisotopic (exact) mass is 1300 g/mol. The third-order valence-corrected chi connectivity index (χ3v) is 17.0. The summed E-state index contributed by atoms with van der Waals surface area (Å²) in [6, 6.07) is 7.16. The van der Waals surface area contributed by atoms with E-state index in [1.807, 2.05) is 24.3 Å². The molecule has 4 aliphatic heterocycles. The summed E-state index contributed by atoms with van der Waals surface area (Å²) in [4.78, 5) is 108. The molecule has 4 heterocycles. The molecule has 91 heavy (non-hydrogen) atoms. The van der Waals surface area contributed by atoms with Gasteiger partial charge in [-0.05, 0) is 99.0 Å². The van der Waals surface area contributed by atoms with Gasteiger partial charge in [0.1, 0.15) is 42.0 Å². The molecule has 7 rings (SSSR count). The van der Waals surface area contributed by atoms with Crippen molar-refractivity contribution in [3.8, 4) is 17.2 Å². The minimum atomic E-state index is -2.10. The van der Waals surface area contributed by atoms with E-state index in [2.05, 4.69) is 45.8 Å². The molecular formula is C60H86N10O20S. The van der Waals surface area contributed by atoms with Gasteiger partial charge in [-0.1, -0.05) is 41.6 Å². The maximum Gasteiger partial charge on any atom is 0.261 e. The molecule has 0 radical (unpaired) electrons. The normalized spacial score (nSPS) is 25.9. The molecule has 7 amide bonds. The Morgan fingerprint density at radius 2 is 1.34 bits per heavy atom. The molecule has 31 heteroatoms. The average molecular weight is 1300 g/mol. The van der Waals surface area contributed by atoms with Crippen molar-refractivity contribution in [2.24, 2.45) is 11.7 Å². The summed E-state index contributed by atoms with van der Waals surface area (Å²) in [5.74, 6) is -8.36. The zero-order valence-corrected chi connectivity index (χ0v) is 51.9. The van der Waals surface area contributed by atoms with Gasteiger partial charge in [0.05, 0.1) is 43.2 Å². The van der Waals surface area contributed by atoms with Gasteiger partial charge in [0.25, 0.3) is 18.2 Å². The lowest BCUT2D eigenvalue weighted by molar-refractivity contribution is -0.433. The molecule has 0 unspecified atom stereocenters. The number of ether oxygens (including phenoxy) is 2. The number of carbonyl (C=O) groups excluding carboxylic acids is 7. The van der Waals surface area contributed by atoms with Crippen LogP contribution in [0.4, 0.5) is 11.4 Å². The number of aliphatic hydroxyl groups is 6. The number of aromatic hydroxyl groups is 1. The lowest BCUT2D eigenvalue weighted by atomic mass is 9.98. The topological polar surface area (TPSA) is 427 Å². The van der Waals surface area contributed by atoms with Crippen molar-refractivity contribution in [1.82, 2.24) is 36.4 Å². The number of benzene rings is 3. The second-order valence-electron chi connectivity index (χ2n) is 23.3. The van der Waals surface area contributed by atoms with Gasteiger partial charge in [-0.2, -0.15) is 0 Å². The zero-order valence-electron chi connectivity index (χ0n) is 51.0. The molecule has 13 atom stereocenters. The first-order chi connectivity index (χ1) is 43.6. The Morgan fingerprint density at radius 1 is 0.725 bits per heavy atom. The quantitative estimate of drug-likeness (QED) is 0.0207. The summed E-state index contributed by atoms with van der Waals surface area (Å²) in [7, 11) is 1.71. The van der Waals surface area contributed by atoms with E-state index in [1.165, 1.54) is 19.1 Å². The fraction of sp³-hybridized carbons (Fsp3) is 0.583. The number of piperazine rings is 1. The smallest absolute Gasteiger partial charge is 0.261 e. The number of hydrogen-bond donors (Lipinski definition) is 14. The third-order valence-electron chi connectivity index (χ3n) is 16.6. The number of β-amino-alcohol motifs (C(OH)–C–C–N with tert-alkyl or cyclic N) is 1. The fourth-order valence-electron chi connectivity index (χ4n) is 11.5. The van der Waals surface area contributed by atoms with E-state index in [-0.39, 0.29) is 48.7 Å². The molecule has 4 fully saturated rings. The first-order valence-electron chi connectivity index (χ1n) is 30.5. The summed E-state index contributed by atoms with van der Waals surface area (Å²) in [6.45, 7) is 5.07. The fourth-order valence-corrected chi connectivity index (χ4v) is 11.8. The molecule has 0 bridgehead atoms. The molecule has 30 nitrogen and oxygen atoms in total. The van der Waals surface area contributed by atoms with Gasteiger partial charge in [-0.3, -0.25) is 33.6 Å². The number of phenolic OH excluding ortho intramolecular Hbond substituents is 1. The van der Waals surface area contributed by atoms with Gasteiger partial charge in [-0.15, -0.1) is 0 Å². The minimum Gasteiger partial charge on any atom is -0.504 e. The molecule has 502 valence electrons. The van der Waals surface area contributed by atoms with Crippen molar-refractivity contribution in [3.63, 3.8) is 0 Å². The number of methoxy groups -OCH3 is 1. The van der Waals surface area contributed by atoms with E-state index in [9.17, 15) is 69.3 Å². The number of rotatable bonds is 24. The predicted molar refractivity (Wildman–Crippen MR) is 327 cm³/mol. The van der Waals surface area contributed by atoms with Gasteiger partial charge in [-0.25, -0.2) is 5.26 Å². The van der Waals surface area contributed by atoms with Crippen molar-refractivity contribution < 1.29 is 97.6 Å². The van der Waals surface area contributed by atoms with Crippen LogP contribution in [0, 0.1) is 5.92 Å². The first-order valence-corrected chi connectivity index (χ1v) is 31.1. The van der Waals surface area contributed by atoms with Crippen LogP contribution >= 0.6 is 12.3 Å². The predicted octanol–water partition coefficient (Wildman–Crippen LogP) is -1.64. The number of hydrogen-bond acceptors (Lipinski definition) is 24. The molecule has 0 spiro atoms. The van der Waals surface area contributed by atoms with E-state index in [0.717, 1.165) is 78.6 Å². The second kappa shape index (κ2) is 34.5. The number of nitrogens with two attached hydrogens (primary N) is 1. The minimum absolute atomic E-state index is 0.0847. The van der Waals surface area contributed by atoms with Crippen LogP contribution in [0.25, 0.3) is 0 Å². The number of nitrogens with one attached hydrogen (secondary N) is 5. The Balaban J connectivity index is 1.11. The maximum absolute atomic E-state index is 14.7. The van der Waals surface area contributed by atoms with Crippen LogP contribution in [-0.2, 0) is 49.3 Å². The van der Waals surface area contributed by atoms with Crippen LogP contribution in [-0.4, -0.2) is 238 Å². The molecule has 0 saturated carbocycles. The highest BCUT2D eigenvalue weighted by Crippen LogP contribution is 2.32. The average Bonchev–Trinajstić information content (AvgIpc) is 1.72. The molecule has 4 aliphatic rings. The van der Waals surface area contributed by atoms with Crippen LogP contribution in [0.3, 0.4) is 0 Å². The standard InChI is InChI=1S/C60H86N10O20S/c1-34-32-70-52(53(34)77)58(82)62-31-40(72)29-43(63-54(78)37-10-12-38(13-11-37)67-21-23-68(24-22-67)39-14-16-42(17-15-39)87-26-8-6-4-5-7-25-86-3)55(79)64-49(35(2)71)59(83)69-33-41(73)30-44(69)56(80)65-50(57(81)66-51(60(70)84)46(75)19-20-61)47(76)27-36-9-18-45(74)48(28-36)88-91-90-89-85/h9-18,28,34-35,40-41,43-44,46-47,49-53,71-77,85H,4-8,19-27,29-33,61H2,1-3H3,(H,62,82)(H,63,78)(H,64,79)(H,65,80)(H,66,81)/t34-,35+,40+,41+,43+,44+,46-,47-,49+,50+,51+,52+,53+/m1/s1. The summed E-state index contributed by atoms with van der Waals surface area (Å²) < 4.78 is 20.4. The molecule has 3 aromatic rings. The number of aliphatic hydroxyl groups excluding tert-OH is 6. The number of carbonyl (C=O) groups is 7. The first kappa shape index (κ1) is 71.3. The second-order valence-corrected chi connectivity index (χ2v) is 23.7. The van der Waals surface area contributed by atoms with Crippen molar-refractivity contribution >= 4 is 65.0 Å². The summed E-state index contributed by atoms with van der Waals surface area (Å²) in [5.41, 5.74) is 7.89. The Labute approximate surface area is 530 Å². The summed E-state index contributed by atoms with van der Waals surface area (Å²) >= 11 is 0.0847. The molecule has 4 saturated heterocycles. The number of fused-ring (bicyclic) bond motifs is 2. The Bertz CT molecular complexity index is 2890. The van der Waals surface area contributed by atoms with Crippen molar-refractivity contribution in [1.29, 1.82) is 0 Å². The molecule has 15 N–H and O–H groups in total. The highest BCUT2D eigenvalue weighted by molar-refractivity contribution is 7.90. The van der Waals surface area contributed by atoms with Gasteiger partial charge < -0.3 is 101 Å². The zero-order chi connectivity index (χ0) is 65.9. The van der Waals surface area contributed by atoms with Gasteiger partial charge >= 0.3 is 0 Å². The number of unbranched alkanes of at least 4 members (excludes halogenated alkanes) is 4. The SMILES string of the molecule is COCCCCCCCOc1ccc(N2CCN(c3ccc(C(=O)N[C@H]4C[C@H](O)CNC(=O)[C@@H]5[C@@H](O)[C@H](C)CN5C(=O)[C@H]([C@H](O)CCN)NC(=O)[C@H]([C@H](O)Cc5ccc(O)c(OSOOO)c5)NC(=O)[C@@H]5C[C@H](O)CN5C(=O)[C@H]([C@H](C)O)NC4=O)cc3)CC2)cc1. The number of nitrogens with zero attached hydrogens (tertiary/aromatic N) is 4. The lowest BCUT2D eigenvalue weighted by Crippen LogP contribution is -2.64. The van der Waals surface area contributed by atoms with Crippen molar-refractivity contribution in [2.75, 3.05) is 82.5 Å². The third kappa shape index (κ3) is 19.5. The maximum atomic E-state index is 14.7. The van der Waals surface area contributed by atoms with Gasteiger partial charge in [0.15, 0.2) is 11.5 Å². The van der Waals surface area contributed by atoms with E-state index < -0.39 is 158 Å². The molecule has 0 aromatic heterocycles. The van der Waals surface area contributed by atoms with Crippen LogP contribution in [0.1, 0.15) is 81.1 Å². The van der Waals surface area contributed by atoms with E-state index in [4.69, 9.17) is 24.6 Å². The number of anilines is 2. The Kier molecular flexibility index (Phi) is 27.0. The van der Waals surface area contributed by atoms with E-state index in [1.54, 1.807) is 31.4 Å². The Hall–Kier alpha value is -7.14. The summed E-state index contributed by atoms with van der Waals surface area (Å²) in [5, 5.41) is 103. The van der Waals surface area contributed by atoms with Gasteiger partial charge in [0, 0.05) is 102 Å². The van der Waals surface area contributed by atoms with Crippen LogP contribution < -0.4 is 51.0 Å². The number of amides is 7. The van der Waals surface area contributed by atoms with Crippen molar-refractivity contribution in [2.45, 2.75) is 145 Å². The molecular weight excluding hydrogens is 1210 g/mol. The van der Waals surface area contributed by atoms with Gasteiger partial charge in [0.2, 0.25) is 35.4 Å². The van der Waals surface area contributed by atoms with E-state index >= 15 is 0 Å². The summed E-state index contributed by atoms with van der Waals surface area (Å²) in [6.07, 6.45) is -6.70. The van der Waals surface area contributed by atoms with Crippen LogP contribution in [0.15, 0.2) is 66.7 Å². The highest BCUT2D eigenvalue weighted by Gasteiger charge is 2.50. The molecule has 3 aromatic carbocycles.